The van der Waals surface area contributed by atoms with Crippen molar-refractivity contribution in [3.05, 3.63) is 0 Å². The number of carbonyl (C=O) groups is 2. The summed E-state index contributed by atoms with van der Waals surface area (Å²) in [7, 11) is 0. The van der Waals surface area contributed by atoms with Crippen LogP contribution in [0.15, 0.2) is 0 Å². The minimum atomic E-state index is -0.752. The van der Waals surface area contributed by atoms with Crippen molar-refractivity contribution in [2.45, 2.75) is 65.2 Å². The van der Waals surface area contributed by atoms with Gasteiger partial charge in [-0.3, -0.25) is 9.59 Å². The van der Waals surface area contributed by atoms with E-state index in [2.05, 4.69) is 19.2 Å². The topological polar surface area (TPSA) is 66.4 Å². The van der Waals surface area contributed by atoms with Crippen molar-refractivity contribution in [2.75, 3.05) is 6.54 Å². The Morgan fingerprint density at radius 1 is 1.10 bits per heavy atom. The summed E-state index contributed by atoms with van der Waals surface area (Å²) in [6.07, 6.45) is 7.59. The number of rotatable bonds is 4. The molecule has 2 N–H and O–H groups in total. The van der Waals surface area contributed by atoms with E-state index in [0.29, 0.717) is 19.4 Å². The van der Waals surface area contributed by atoms with Crippen LogP contribution in [0.3, 0.4) is 0 Å². The molecule has 1 atom stereocenters. The number of hydrogen-bond donors (Lipinski definition) is 2. The Kier molecular flexibility index (Phi) is 4.40. The molecule has 0 aromatic rings. The highest BCUT2D eigenvalue weighted by Gasteiger charge is 2.43. The van der Waals surface area contributed by atoms with Crippen molar-refractivity contribution in [3.63, 3.8) is 0 Å². The van der Waals surface area contributed by atoms with Crippen LogP contribution in [0.1, 0.15) is 65.2 Å². The van der Waals surface area contributed by atoms with Gasteiger partial charge in [0.2, 0.25) is 5.91 Å². The van der Waals surface area contributed by atoms with Gasteiger partial charge in [-0.25, -0.2) is 0 Å². The molecule has 0 radical (unpaired) electrons. The first kappa shape index (κ1) is 15.3. The molecule has 2 aliphatic carbocycles. The molecular formula is C16H27NO3. The van der Waals surface area contributed by atoms with E-state index in [1.165, 1.54) is 6.42 Å². The first-order valence-corrected chi connectivity index (χ1v) is 7.89. The van der Waals surface area contributed by atoms with Crippen LogP contribution in [0.5, 0.6) is 0 Å². The quantitative estimate of drug-likeness (QED) is 0.832. The minimum absolute atomic E-state index is 0.0310. The molecule has 4 nitrogen and oxygen atoms in total. The highest BCUT2D eigenvalue weighted by molar-refractivity contribution is 5.81. The molecule has 0 saturated heterocycles. The fourth-order valence-electron chi connectivity index (χ4n) is 3.88. The van der Waals surface area contributed by atoms with Gasteiger partial charge in [-0.15, -0.1) is 0 Å². The Hall–Kier alpha value is -1.06. The van der Waals surface area contributed by atoms with E-state index in [1.54, 1.807) is 0 Å². The van der Waals surface area contributed by atoms with Gasteiger partial charge in [0.15, 0.2) is 0 Å². The standard InChI is InChI=1S/C16H27NO3/c1-15(2)8-4-3-7-12(15)13(18)17-11-16(14(19)20)9-5-6-10-16/h12H,3-11H2,1-2H3,(H,17,18)(H,19,20). The van der Waals surface area contributed by atoms with Gasteiger partial charge in [-0.1, -0.05) is 39.5 Å². The molecule has 2 rings (SSSR count). The normalized spacial score (nSPS) is 28.0. The van der Waals surface area contributed by atoms with Crippen LogP contribution in [0.4, 0.5) is 0 Å². The van der Waals surface area contributed by atoms with Crippen molar-refractivity contribution in [1.29, 1.82) is 0 Å². The summed E-state index contributed by atoms with van der Waals surface area (Å²) in [6, 6.07) is 0. The number of hydrogen-bond acceptors (Lipinski definition) is 2. The molecule has 2 fully saturated rings. The van der Waals surface area contributed by atoms with Crippen LogP contribution in [-0.4, -0.2) is 23.5 Å². The van der Waals surface area contributed by atoms with Crippen molar-refractivity contribution >= 4 is 11.9 Å². The maximum atomic E-state index is 12.4. The SMILES string of the molecule is CC1(C)CCCCC1C(=O)NCC1(C(=O)O)CCCC1. The lowest BCUT2D eigenvalue weighted by Crippen LogP contribution is -2.46. The lowest BCUT2D eigenvalue weighted by Gasteiger charge is -2.38. The third-order valence-electron chi connectivity index (χ3n) is 5.44. The second-order valence-corrected chi connectivity index (χ2v) is 7.30. The monoisotopic (exact) mass is 281 g/mol. The number of carbonyl (C=O) groups excluding carboxylic acids is 1. The molecule has 20 heavy (non-hydrogen) atoms. The third-order valence-corrected chi connectivity index (χ3v) is 5.44. The van der Waals surface area contributed by atoms with Crippen LogP contribution in [-0.2, 0) is 9.59 Å². The largest absolute Gasteiger partial charge is 0.481 e. The zero-order valence-corrected chi connectivity index (χ0v) is 12.7. The Bertz CT molecular complexity index is 383. The molecule has 0 spiro atoms. The second kappa shape index (κ2) is 5.74. The Labute approximate surface area is 121 Å². The Balaban J connectivity index is 1.96. The van der Waals surface area contributed by atoms with Crippen LogP contribution >= 0.6 is 0 Å². The summed E-state index contributed by atoms with van der Waals surface area (Å²) in [6.45, 7) is 4.60. The molecule has 0 heterocycles. The van der Waals surface area contributed by atoms with E-state index in [0.717, 1.165) is 32.1 Å². The van der Waals surface area contributed by atoms with Gasteiger partial charge in [0.25, 0.3) is 0 Å². The molecule has 0 aliphatic heterocycles. The maximum Gasteiger partial charge on any atom is 0.311 e. The number of nitrogens with one attached hydrogen (secondary N) is 1. The maximum absolute atomic E-state index is 12.4. The average Bonchev–Trinajstić information content (AvgIpc) is 2.85. The fraction of sp³-hybridized carbons (Fsp3) is 0.875. The highest BCUT2D eigenvalue weighted by atomic mass is 16.4. The van der Waals surface area contributed by atoms with Gasteiger partial charge >= 0.3 is 5.97 Å². The molecule has 0 bridgehead atoms. The van der Waals surface area contributed by atoms with E-state index in [-0.39, 0.29) is 17.2 Å². The first-order valence-electron chi connectivity index (χ1n) is 7.89. The first-order chi connectivity index (χ1) is 9.37. The predicted molar refractivity (Wildman–Crippen MR) is 77.3 cm³/mol. The number of carboxylic acids is 1. The summed E-state index contributed by atoms with van der Waals surface area (Å²) < 4.78 is 0. The van der Waals surface area contributed by atoms with E-state index in [9.17, 15) is 14.7 Å². The van der Waals surface area contributed by atoms with Crippen LogP contribution < -0.4 is 5.32 Å². The average molecular weight is 281 g/mol. The lowest BCUT2D eigenvalue weighted by molar-refractivity contribution is -0.148. The Morgan fingerprint density at radius 3 is 2.25 bits per heavy atom. The fourth-order valence-corrected chi connectivity index (χ4v) is 3.88. The van der Waals surface area contributed by atoms with E-state index in [4.69, 9.17) is 0 Å². The summed E-state index contributed by atoms with van der Waals surface area (Å²) in [4.78, 5) is 23.9. The zero-order valence-electron chi connectivity index (χ0n) is 12.7. The van der Waals surface area contributed by atoms with E-state index >= 15 is 0 Å². The molecule has 0 aromatic carbocycles. The summed E-state index contributed by atoms with van der Waals surface area (Å²) in [5.74, 6) is -0.663. The molecule has 1 amide bonds. The minimum Gasteiger partial charge on any atom is -0.481 e. The summed E-state index contributed by atoms with van der Waals surface area (Å²) >= 11 is 0. The summed E-state index contributed by atoms with van der Waals surface area (Å²) in [5.41, 5.74) is -0.678. The van der Waals surface area contributed by atoms with Crippen LogP contribution in [0.25, 0.3) is 0 Å². The van der Waals surface area contributed by atoms with Gasteiger partial charge < -0.3 is 10.4 Å². The smallest absolute Gasteiger partial charge is 0.311 e. The molecule has 2 aliphatic rings. The third kappa shape index (κ3) is 2.99. The number of carboxylic acid groups (broad SMARTS) is 1. The number of amides is 1. The molecular weight excluding hydrogens is 254 g/mol. The second-order valence-electron chi connectivity index (χ2n) is 7.30. The van der Waals surface area contributed by atoms with Gasteiger partial charge in [-0.2, -0.15) is 0 Å². The van der Waals surface area contributed by atoms with Gasteiger partial charge in [0.05, 0.1) is 5.41 Å². The van der Waals surface area contributed by atoms with E-state index in [1.807, 2.05) is 0 Å². The van der Waals surface area contributed by atoms with Crippen LogP contribution in [0.2, 0.25) is 0 Å². The predicted octanol–water partition coefficient (Wildman–Crippen LogP) is 2.96. The van der Waals surface area contributed by atoms with Gasteiger partial charge in [0.1, 0.15) is 0 Å². The van der Waals surface area contributed by atoms with Gasteiger partial charge in [0, 0.05) is 12.5 Å². The van der Waals surface area contributed by atoms with Crippen molar-refractivity contribution in [2.24, 2.45) is 16.7 Å². The lowest BCUT2D eigenvalue weighted by atomic mass is 9.68. The van der Waals surface area contributed by atoms with Gasteiger partial charge in [-0.05, 0) is 31.1 Å². The van der Waals surface area contributed by atoms with Crippen molar-refractivity contribution in [3.8, 4) is 0 Å². The van der Waals surface area contributed by atoms with Crippen molar-refractivity contribution in [1.82, 2.24) is 5.32 Å². The summed E-state index contributed by atoms with van der Waals surface area (Å²) in [5, 5.41) is 12.4. The molecule has 1 unspecified atom stereocenters. The molecule has 4 heteroatoms. The molecule has 2 saturated carbocycles. The van der Waals surface area contributed by atoms with Crippen LogP contribution in [0, 0.1) is 16.7 Å². The number of aliphatic carboxylic acids is 1. The molecule has 114 valence electrons. The van der Waals surface area contributed by atoms with Crippen molar-refractivity contribution < 1.29 is 14.7 Å². The highest BCUT2D eigenvalue weighted by Crippen LogP contribution is 2.41. The Morgan fingerprint density at radius 2 is 1.70 bits per heavy atom. The zero-order chi connectivity index (χ0) is 14.8. The van der Waals surface area contributed by atoms with E-state index < -0.39 is 11.4 Å². The molecule has 0 aromatic heterocycles.